The van der Waals surface area contributed by atoms with Crippen molar-refractivity contribution in [3.8, 4) is 11.8 Å². The Labute approximate surface area is 127 Å². The van der Waals surface area contributed by atoms with Crippen molar-refractivity contribution in [3.05, 3.63) is 29.8 Å². The number of nitriles is 1. The van der Waals surface area contributed by atoms with Crippen LogP contribution in [0.4, 0.5) is 0 Å². The summed E-state index contributed by atoms with van der Waals surface area (Å²) in [6.07, 6.45) is 2.99. The maximum absolute atomic E-state index is 10.7. The molecule has 1 aromatic carbocycles. The van der Waals surface area contributed by atoms with E-state index in [-0.39, 0.29) is 6.10 Å². The molecule has 1 fully saturated rings. The van der Waals surface area contributed by atoms with Crippen molar-refractivity contribution < 1.29 is 9.84 Å². The lowest BCUT2D eigenvalue weighted by Crippen LogP contribution is -2.32. The quantitative estimate of drug-likeness (QED) is 0.901. The standard InChI is InChI=1S/C18H25NO2/c1-13(2)21-16-6-4-15(5-7-16)17(20)18(12-19)10-8-14(3)9-11-18/h4-7,13-14,17,20H,8-11H2,1-3H3. The van der Waals surface area contributed by atoms with Crippen molar-refractivity contribution in [2.45, 2.75) is 58.7 Å². The minimum absolute atomic E-state index is 0.131. The van der Waals surface area contributed by atoms with Crippen LogP contribution in [0.5, 0.6) is 5.75 Å². The van der Waals surface area contributed by atoms with Crippen LogP contribution in [0.15, 0.2) is 24.3 Å². The number of nitrogens with zero attached hydrogens (tertiary/aromatic N) is 1. The van der Waals surface area contributed by atoms with Gasteiger partial charge in [0.25, 0.3) is 0 Å². The molecule has 2 rings (SSSR count). The van der Waals surface area contributed by atoms with Crippen LogP contribution in [0.1, 0.15) is 58.1 Å². The summed E-state index contributed by atoms with van der Waals surface area (Å²) >= 11 is 0. The van der Waals surface area contributed by atoms with Crippen molar-refractivity contribution in [1.82, 2.24) is 0 Å². The molecule has 0 saturated heterocycles. The Bertz CT molecular complexity index is 493. The first-order chi connectivity index (χ1) is 9.97. The Kier molecular flexibility index (Phi) is 4.90. The van der Waals surface area contributed by atoms with Crippen LogP contribution in [0, 0.1) is 22.7 Å². The van der Waals surface area contributed by atoms with Gasteiger partial charge in [0.15, 0.2) is 0 Å². The summed E-state index contributed by atoms with van der Waals surface area (Å²) < 4.78 is 5.61. The van der Waals surface area contributed by atoms with Crippen LogP contribution >= 0.6 is 0 Å². The van der Waals surface area contributed by atoms with Crippen LogP contribution in [-0.2, 0) is 0 Å². The zero-order valence-corrected chi connectivity index (χ0v) is 13.2. The number of rotatable bonds is 4. The van der Waals surface area contributed by atoms with Crippen LogP contribution in [0.2, 0.25) is 0 Å². The molecule has 1 aromatic rings. The summed E-state index contributed by atoms with van der Waals surface area (Å²) in [7, 11) is 0. The van der Waals surface area contributed by atoms with E-state index >= 15 is 0 Å². The molecule has 21 heavy (non-hydrogen) atoms. The zero-order valence-electron chi connectivity index (χ0n) is 13.2. The predicted molar refractivity (Wildman–Crippen MR) is 82.8 cm³/mol. The Morgan fingerprint density at radius 1 is 1.24 bits per heavy atom. The summed E-state index contributed by atoms with van der Waals surface area (Å²) in [5, 5.41) is 20.3. The zero-order chi connectivity index (χ0) is 15.5. The molecule has 1 atom stereocenters. The lowest BCUT2D eigenvalue weighted by atomic mass is 9.67. The molecule has 0 spiro atoms. The van der Waals surface area contributed by atoms with Gasteiger partial charge in [0.05, 0.1) is 23.7 Å². The third-order valence-corrected chi connectivity index (χ3v) is 4.48. The second-order valence-corrected chi connectivity index (χ2v) is 6.59. The first-order valence-corrected chi connectivity index (χ1v) is 7.83. The smallest absolute Gasteiger partial charge is 0.119 e. The average molecular weight is 287 g/mol. The first-order valence-electron chi connectivity index (χ1n) is 7.83. The predicted octanol–water partition coefficient (Wildman–Crippen LogP) is 4.23. The molecule has 0 aromatic heterocycles. The van der Waals surface area contributed by atoms with Crippen molar-refractivity contribution in [2.75, 3.05) is 0 Å². The molecule has 1 N–H and O–H groups in total. The SMILES string of the molecule is CC1CCC(C#N)(C(O)c2ccc(OC(C)C)cc2)CC1. The van der Waals surface area contributed by atoms with Gasteiger partial charge >= 0.3 is 0 Å². The molecule has 114 valence electrons. The topological polar surface area (TPSA) is 53.2 Å². The van der Waals surface area contributed by atoms with Gasteiger partial charge in [0.1, 0.15) is 5.75 Å². The molecular weight excluding hydrogens is 262 g/mol. The highest BCUT2D eigenvalue weighted by molar-refractivity contribution is 5.31. The van der Waals surface area contributed by atoms with Gasteiger partial charge in [-0.2, -0.15) is 5.26 Å². The van der Waals surface area contributed by atoms with E-state index in [1.807, 2.05) is 38.1 Å². The van der Waals surface area contributed by atoms with E-state index in [1.54, 1.807) is 0 Å². The van der Waals surface area contributed by atoms with Crippen molar-refractivity contribution in [2.24, 2.45) is 11.3 Å². The molecule has 1 aliphatic carbocycles. The molecule has 0 aliphatic heterocycles. The van der Waals surface area contributed by atoms with E-state index in [0.717, 1.165) is 37.0 Å². The van der Waals surface area contributed by atoms with Crippen LogP contribution in [0.3, 0.4) is 0 Å². The fourth-order valence-corrected chi connectivity index (χ4v) is 3.04. The van der Waals surface area contributed by atoms with Crippen molar-refractivity contribution in [1.29, 1.82) is 5.26 Å². The normalized spacial score (nSPS) is 27.1. The van der Waals surface area contributed by atoms with Crippen LogP contribution < -0.4 is 4.74 Å². The lowest BCUT2D eigenvalue weighted by Gasteiger charge is -2.37. The van der Waals surface area contributed by atoms with Gasteiger partial charge in [0, 0.05) is 0 Å². The molecule has 3 nitrogen and oxygen atoms in total. The maximum atomic E-state index is 10.7. The third kappa shape index (κ3) is 3.57. The molecule has 0 bridgehead atoms. The first kappa shape index (κ1) is 15.9. The van der Waals surface area contributed by atoms with Gasteiger partial charge in [0.2, 0.25) is 0 Å². The van der Waals surface area contributed by atoms with Crippen molar-refractivity contribution in [3.63, 3.8) is 0 Å². The second kappa shape index (κ2) is 6.49. The highest BCUT2D eigenvalue weighted by atomic mass is 16.5. The highest BCUT2D eigenvalue weighted by Gasteiger charge is 2.41. The third-order valence-electron chi connectivity index (χ3n) is 4.48. The summed E-state index contributed by atoms with van der Waals surface area (Å²) in [6, 6.07) is 9.89. The minimum atomic E-state index is -0.719. The van der Waals surface area contributed by atoms with E-state index in [1.165, 1.54) is 0 Å². The average Bonchev–Trinajstić information content (AvgIpc) is 2.48. The Hall–Kier alpha value is -1.53. The number of aliphatic hydroxyl groups is 1. The lowest BCUT2D eigenvalue weighted by molar-refractivity contribution is 0.0266. The Balaban J connectivity index is 2.14. The molecule has 1 saturated carbocycles. The van der Waals surface area contributed by atoms with Gasteiger partial charge in [-0.05, 0) is 63.1 Å². The maximum Gasteiger partial charge on any atom is 0.119 e. The van der Waals surface area contributed by atoms with Gasteiger partial charge in [-0.1, -0.05) is 19.1 Å². The van der Waals surface area contributed by atoms with E-state index in [4.69, 9.17) is 4.74 Å². The van der Waals surface area contributed by atoms with E-state index < -0.39 is 11.5 Å². The fraction of sp³-hybridized carbons (Fsp3) is 0.611. The molecule has 0 radical (unpaired) electrons. The van der Waals surface area contributed by atoms with E-state index in [0.29, 0.717) is 5.92 Å². The molecule has 3 heteroatoms. The van der Waals surface area contributed by atoms with Gasteiger partial charge in [-0.25, -0.2) is 0 Å². The Morgan fingerprint density at radius 2 is 1.81 bits per heavy atom. The van der Waals surface area contributed by atoms with Gasteiger partial charge < -0.3 is 9.84 Å². The summed E-state index contributed by atoms with van der Waals surface area (Å²) in [5.74, 6) is 1.45. The Morgan fingerprint density at radius 3 is 2.29 bits per heavy atom. The van der Waals surface area contributed by atoms with E-state index in [9.17, 15) is 10.4 Å². The number of ether oxygens (including phenoxy) is 1. The number of hydrogen-bond donors (Lipinski definition) is 1. The molecular formula is C18H25NO2. The molecule has 0 heterocycles. The van der Waals surface area contributed by atoms with Crippen LogP contribution in [-0.4, -0.2) is 11.2 Å². The second-order valence-electron chi connectivity index (χ2n) is 6.59. The van der Waals surface area contributed by atoms with Gasteiger partial charge in [-0.15, -0.1) is 0 Å². The summed E-state index contributed by atoms with van der Waals surface area (Å²) in [4.78, 5) is 0. The summed E-state index contributed by atoms with van der Waals surface area (Å²) in [5.41, 5.74) is 0.176. The number of hydrogen-bond acceptors (Lipinski definition) is 3. The highest BCUT2D eigenvalue weighted by Crippen LogP contribution is 2.47. The fourth-order valence-electron chi connectivity index (χ4n) is 3.04. The molecule has 1 aliphatic rings. The van der Waals surface area contributed by atoms with E-state index in [2.05, 4.69) is 13.0 Å². The molecule has 0 amide bonds. The minimum Gasteiger partial charge on any atom is -0.491 e. The largest absolute Gasteiger partial charge is 0.491 e. The summed E-state index contributed by atoms with van der Waals surface area (Å²) in [6.45, 7) is 6.18. The van der Waals surface area contributed by atoms with Gasteiger partial charge in [-0.3, -0.25) is 0 Å². The monoisotopic (exact) mass is 287 g/mol. The number of benzene rings is 1. The number of aliphatic hydroxyl groups excluding tert-OH is 1. The van der Waals surface area contributed by atoms with Crippen molar-refractivity contribution >= 4 is 0 Å². The molecule has 1 unspecified atom stereocenters. The van der Waals surface area contributed by atoms with Crippen LogP contribution in [0.25, 0.3) is 0 Å².